The lowest BCUT2D eigenvalue weighted by atomic mass is 9.54. The highest BCUT2D eigenvalue weighted by Crippen LogP contribution is 2.58. The number of anilines is 1. The Labute approximate surface area is 397 Å². The number of aliphatic hydroxyl groups excluding tert-OH is 3. The maximum absolute atomic E-state index is 14.3. The number of amides is 3. The summed E-state index contributed by atoms with van der Waals surface area (Å²) in [7, 11) is 1.03. The van der Waals surface area contributed by atoms with Crippen LogP contribution in [0.2, 0.25) is 0 Å². The Morgan fingerprint density at radius 2 is 1.26 bits per heavy atom. The number of aliphatic hydroxyl groups is 4. The second-order valence-electron chi connectivity index (χ2n) is 18.4. The lowest BCUT2D eigenvalue weighted by Crippen LogP contribution is -2.70. The summed E-state index contributed by atoms with van der Waals surface area (Å²) in [6.07, 6.45) is 6.65. The molecule has 0 aromatic heterocycles. The van der Waals surface area contributed by atoms with Gasteiger partial charge in [-0.15, -0.1) is 0 Å². The van der Waals surface area contributed by atoms with Crippen molar-refractivity contribution in [2.45, 2.75) is 88.4 Å². The van der Waals surface area contributed by atoms with Crippen LogP contribution in [0, 0.1) is 11.8 Å². The molecule has 0 spiro atoms. The molecular formula is C53H62N4O10P+. The highest BCUT2D eigenvalue weighted by molar-refractivity contribution is 7.95. The van der Waals surface area contributed by atoms with Crippen molar-refractivity contribution in [2.24, 2.45) is 17.6 Å². The number of hydrogen-bond donors (Lipinski definition) is 8. The van der Waals surface area contributed by atoms with Crippen LogP contribution in [0.15, 0.2) is 120 Å². The number of fused-ring (bicyclic) bond motifs is 3. The summed E-state index contributed by atoms with van der Waals surface area (Å²) in [5.41, 5.74) is 0.754. The normalized spacial score (nSPS) is 22.4. The third kappa shape index (κ3) is 9.22. The van der Waals surface area contributed by atoms with Crippen LogP contribution in [0.4, 0.5) is 5.69 Å². The lowest BCUT2D eigenvalue weighted by molar-refractivity contribution is -0.169. The number of benzene rings is 4. The number of nitrogens with one attached hydrogen (secondary N) is 2. The molecule has 7 rings (SSSR count). The molecule has 14 nitrogen and oxygen atoms in total. The van der Waals surface area contributed by atoms with Gasteiger partial charge in [0, 0.05) is 30.9 Å². The van der Waals surface area contributed by atoms with Crippen LogP contribution in [0.1, 0.15) is 81.8 Å². The molecule has 9 N–H and O–H groups in total. The molecule has 15 heteroatoms. The summed E-state index contributed by atoms with van der Waals surface area (Å²) in [6.45, 7) is 1.66. The Morgan fingerprint density at radius 3 is 1.79 bits per heavy atom. The Morgan fingerprint density at radius 1 is 0.735 bits per heavy atom. The molecule has 0 aliphatic heterocycles. The summed E-state index contributed by atoms with van der Waals surface area (Å²) in [5, 5.41) is 67.5. The van der Waals surface area contributed by atoms with Gasteiger partial charge >= 0.3 is 0 Å². The van der Waals surface area contributed by atoms with E-state index in [4.69, 9.17) is 5.73 Å². The van der Waals surface area contributed by atoms with Gasteiger partial charge in [-0.25, -0.2) is 0 Å². The standard InChI is InChI=1S/C53H61N4O10P/c1-32-36-27-28-37(46(60)41(36)47(61)42-40(32)48(62)44-45(57(2)3)49(63)43(52(54)66)51(65)53(44,67)50(42)64)56-39(59)29-30-55-38(58)26-18-7-5-4-6-8-19-31-68(33-20-12-9-13-21-33,34-22-14-10-15-23-34)35-24-16-11-17-25-35/h9-17,20-25,27-28,32,40,44-45,48,62,67H,4-8,18-19,26,29-31H2,1-3H3,(H6-,54,55,56,58,59,60,61,63,64,65,66)/p+1/t32-,40+,44+,45-,48-,53-/m0/s1. The Bertz CT molecular complexity index is 2510. The number of unbranched alkanes of at least 4 members (excludes halogenated alkanes) is 6. The smallest absolute Gasteiger partial charge is 0.255 e. The maximum atomic E-state index is 14.3. The molecule has 3 amide bonds. The van der Waals surface area contributed by atoms with E-state index in [1.807, 2.05) is 0 Å². The number of phenols is 1. The van der Waals surface area contributed by atoms with Crippen LogP contribution in [-0.2, 0) is 24.0 Å². The van der Waals surface area contributed by atoms with Crippen LogP contribution < -0.4 is 32.3 Å². The summed E-state index contributed by atoms with van der Waals surface area (Å²) < 4.78 is 0. The molecule has 4 aromatic carbocycles. The Balaban J connectivity index is 0.889. The number of carbonyl (C=O) groups excluding carboxylic acids is 5. The first-order valence-corrected chi connectivity index (χ1v) is 25.3. The van der Waals surface area contributed by atoms with Crippen molar-refractivity contribution in [3.8, 4) is 5.75 Å². The van der Waals surface area contributed by atoms with Crippen molar-refractivity contribution in [1.29, 1.82) is 0 Å². The largest absolute Gasteiger partial charge is 0.508 e. The van der Waals surface area contributed by atoms with Gasteiger partial charge in [-0.3, -0.25) is 28.9 Å². The number of nitrogens with two attached hydrogens (primary N) is 1. The number of aromatic hydroxyl groups is 1. The van der Waals surface area contributed by atoms with E-state index in [-0.39, 0.29) is 30.1 Å². The van der Waals surface area contributed by atoms with E-state index in [9.17, 15) is 49.5 Å². The van der Waals surface area contributed by atoms with Crippen LogP contribution in [-0.4, -0.2) is 104 Å². The van der Waals surface area contributed by atoms with Gasteiger partial charge in [0.05, 0.1) is 35.5 Å². The van der Waals surface area contributed by atoms with Gasteiger partial charge in [0.25, 0.3) is 5.91 Å². The average molecular weight is 946 g/mol. The van der Waals surface area contributed by atoms with Crippen molar-refractivity contribution in [3.05, 3.63) is 131 Å². The Hall–Kier alpha value is -6.18. The molecule has 0 unspecified atom stereocenters. The SMILES string of the molecule is C[C@H]1c2ccc(NC(=O)CCNC(=O)CCCCCCCCC[P+](c3ccccc3)(c3ccccc3)c3ccccc3)c(O)c2C(O)=C2C(=O)[C@]3(O)C(O)=C(C(N)=O)C(=O)[C@@H](N(C)C)[C@@H]3[C@@H](O)[C@@H]21. The van der Waals surface area contributed by atoms with Gasteiger partial charge in [-0.05, 0) is 87.3 Å². The minimum atomic E-state index is -3.04. The molecule has 0 heterocycles. The van der Waals surface area contributed by atoms with Crippen molar-refractivity contribution >= 4 is 63.9 Å². The van der Waals surface area contributed by atoms with Crippen molar-refractivity contribution in [2.75, 3.05) is 32.1 Å². The number of ketones is 2. The topological polar surface area (TPSA) is 240 Å². The third-order valence-corrected chi connectivity index (χ3v) is 18.6. The summed E-state index contributed by atoms with van der Waals surface area (Å²) >= 11 is 0. The first kappa shape index (κ1) is 49.7. The molecule has 1 fully saturated rings. The number of primary amides is 1. The van der Waals surface area contributed by atoms with Crippen LogP contribution in [0.5, 0.6) is 5.75 Å². The van der Waals surface area contributed by atoms with E-state index in [2.05, 4.69) is 102 Å². The number of carbonyl (C=O) groups is 5. The summed E-state index contributed by atoms with van der Waals surface area (Å²) in [5.74, 6) is -10.8. The first-order valence-electron chi connectivity index (χ1n) is 23.4. The maximum Gasteiger partial charge on any atom is 0.255 e. The summed E-state index contributed by atoms with van der Waals surface area (Å²) in [6, 6.07) is 34.2. The van der Waals surface area contributed by atoms with Crippen molar-refractivity contribution in [3.63, 3.8) is 0 Å². The minimum Gasteiger partial charge on any atom is -0.508 e. The highest BCUT2D eigenvalue weighted by atomic mass is 31.2. The zero-order valence-corrected chi connectivity index (χ0v) is 39.6. The molecule has 3 aliphatic carbocycles. The fraction of sp³-hybridized carbons (Fsp3) is 0.377. The number of Topliss-reactive ketones (excluding diaryl/α,β-unsaturated/α-hetero) is 2. The van der Waals surface area contributed by atoms with E-state index >= 15 is 0 Å². The van der Waals surface area contributed by atoms with E-state index in [0.29, 0.717) is 12.0 Å². The van der Waals surface area contributed by atoms with Gasteiger partial charge in [-0.1, -0.05) is 93.3 Å². The molecule has 4 aromatic rings. The predicted octanol–water partition coefficient (Wildman–Crippen LogP) is 5.06. The summed E-state index contributed by atoms with van der Waals surface area (Å²) in [4.78, 5) is 67.0. The van der Waals surface area contributed by atoms with Gasteiger partial charge in [0.2, 0.25) is 17.6 Å². The average Bonchev–Trinajstić information content (AvgIpc) is 3.32. The predicted molar refractivity (Wildman–Crippen MR) is 264 cm³/mol. The van der Waals surface area contributed by atoms with Crippen LogP contribution in [0.25, 0.3) is 5.76 Å². The fourth-order valence-electron chi connectivity index (χ4n) is 10.7. The molecule has 0 bridgehead atoms. The highest BCUT2D eigenvalue weighted by Gasteiger charge is 2.68. The van der Waals surface area contributed by atoms with Gasteiger partial charge in [0.1, 0.15) is 46.0 Å². The van der Waals surface area contributed by atoms with E-state index in [0.717, 1.165) is 51.1 Å². The second-order valence-corrected chi connectivity index (χ2v) is 22.0. The molecule has 358 valence electrons. The number of rotatable bonds is 19. The molecule has 1 saturated carbocycles. The zero-order valence-electron chi connectivity index (χ0n) is 38.7. The lowest BCUT2D eigenvalue weighted by Gasteiger charge is -2.53. The number of nitrogens with zero attached hydrogens (tertiary/aromatic N) is 1. The van der Waals surface area contributed by atoms with E-state index < -0.39 is 94.6 Å². The second kappa shape index (κ2) is 21.0. The number of likely N-dealkylation sites (N-methyl/N-ethyl adjacent to an activating group) is 1. The van der Waals surface area contributed by atoms with Gasteiger partial charge in [0.15, 0.2) is 11.4 Å². The molecule has 6 atom stereocenters. The molecule has 3 aliphatic rings. The van der Waals surface area contributed by atoms with Gasteiger partial charge in [-0.2, -0.15) is 0 Å². The minimum absolute atomic E-state index is 0.0381. The monoisotopic (exact) mass is 945 g/mol. The van der Waals surface area contributed by atoms with Gasteiger partial charge < -0.3 is 41.9 Å². The third-order valence-electron chi connectivity index (χ3n) is 14.1. The molecular weight excluding hydrogens is 884 g/mol. The van der Waals surface area contributed by atoms with Crippen LogP contribution in [0.3, 0.4) is 0 Å². The quantitative estimate of drug-likeness (QED) is 0.0268. The number of phenolic OH excluding ortho intramolecular Hbond substituents is 1. The van der Waals surface area contributed by atoms with Crippen molar-refractivity contribution < 1.29 is 49.5 Å². The molecule has 0 radical (unpaired) electrons. The first-order chi connectivity index (χ1) is 32.6. The van der Waals surface area contributed by atoms with Crippen LogP contribution >= 0.6 is 7.26 Å². The molecule has 0 saturated heterocycles. The zero-order chi connectivity index (χ0) is 48.9. The Kier molecular flexibility index (Phi) is 15.3. The van der Waals surface area contributed by atoms with E-state index in [1.165, 1.54) is 47.0 Å². The number of hydrogen-bond acceptors (Lipinski definition) is 11. The molecule has 68 heavy (non-hydrogen) atoms. The fourth-order valence-corrected chi connectivity index (χ4v) is 15.1. The van der Waals surface area contributed by atoms with Crippen molar-refractivity contribution in [1.82, 2.24) is 10.2 Å². The van der Waals surface area contributed by atoms with E-state index in [1.54, 1.807) is 6.92 Å².